The summed E-state index contributed by atoms with van der Waals surface area (Å²) in [5.41, 5.74) is 0. The molecule has 1 saturated carbocycles. The van der Waals surface area contributed by atoms with Crippen molar-refractivity contribution in [2.75, 3.05) is 11.5 Å². The van der Waals surface area contributed by atoms with Gasteiger partial charge in [-0.05, 0) is 31.6 Å². The van der Waals surface area contributed by atoms with Crippen molar-refractivity contribution in [3.05, 3.63) is 0 Å². The Morgan fingerprint density at radius 3 is 2.54 bits per heavy atom. The van der Waals surface area contributed by atoms with Gasteiger partial charge in [0.25, 0.3) is 0 Å². The number of hydrogen-bond donors (Lipinski definition) is 1. The third-order valence-electron chi connectivity index (χ3n) is 2.79. The van der Waals surface area contributed by atoms with E-state index < -0.39 is 9.84 Å². The minimum atomic E-state index is -2.81. The second-order valence-corrected chi connectivity index (χ2v) is 6.33. The van der Waals surface area contributed by atoms with E-state index in [9.17, 15) is 13.5 Å². The highest BCUT2D eigenvalue weighted by atomic mass is 32.2. The third-order valence-corrected chi connectivity index (χ3v) is 4.53. The molecule has 0 aromatic carbocycles. The molecular formula is C9H18O3S. The van der Waals surface area contributed by atoms with Gasteiger partial charge < -0.3 is 5.11 Å². The average molecular weight is 206 g/mol. The first-order chi connectivity index (χ1) is 6.03. The quantitative estimate of drug-likeness (QED) is 0.745. The predicted octanol–water partition coefficient (Wildman–Crippen LogP) is 0.972. The molecule has 1 aliphatic carbocycles. The summed E-state index contributed by atoms with van der Waals surface area (Å²) in [5.74, 6) is 0.958. The highest BCUT2D eigenvalue weighted by molar-refractivity contribution is 7.91. The van der Waals surface area contributed by atoms with Crippen molar-refractivity contribution in [2.45, 2.75) is 38.7 Å². The van der Waals surface area contributed by atoms with Crippen LogP contribution in [0.5, 0.6) is 0 Å². The summed E-state index contributed by atoms with van der Waals surface area (Å²) in [6, 6.07) is 0. The number of hydrogen-bond acceptors (Lipinski definition) is 3. The molecule has 0 amide bonds. The average Bonchev–Trinajstić information content (AvgIpc) is 2.48. The summed E-state index contributed by atoms with van der Waals surface area (Å²) in [6.07, 6.45) is 3.17. The van der Waals surface area contributed by atoms with Gasteiger partial charge in [0.05, 0.1) is 11.9 Å². The first-order valence-corrected chi connectivity index (χ1v) is 6.74. The second kappa shape index (κ2) is 4.42. The topological polar surface area (TPSA) is 54.4 Å². The number of aliphatic hydroxyl groups excluding tert-OH is 1. The lowest BCUT2D eigenvalue weighted by Gasteiger charge is -2.08. The molecule has 1 fully saturated rings. The van der Waals surface area contributed by atoms with E-state index in [2.05, 4.69) is 0 Å². The fourth-order valence-electron chi connectivity index (χ4n) is 1.80. The zero-order chi connectivity index (χ0) is 9.90. The summed E-state index contributed by atoms with van der Waals surface area (Å²) in [7, 11) is -2.81. The molecule has 1 N–H and O–H groups in total. The molecule has 1 aliphatic rings. The molecular weight excluding hydrogens is 188 g/mol. The zero-order valence-corrected chi connectivity index (χ0v) is 8.89. The van der Waals surface area contributed by atoms with Crippen molar-refractivity contribution in [1.82, 2.24) is 0 Å². The Hall–Kier alpha value is -0.0900. The van der Waals surface area contributed by atoms with Crippen LogP contribution in [0.3, 0.4) is 0 Å². The van der Waals surface area contributed by atoms with Crippen molar-refractivity contribution in [1.29, 1.82) is 0 Å². The molecule has 0 bridgehead atoms. The standard InChI is InChI=1S/C9H18O3S/c1-2-13(11,12)6-5-8-3-4-9(10)7-8/h8-10H,2-7H2,1H3. The van der Waals surface area contributed by atoms with Gasteiger partial charge in [-0.1, -0.05) is 6.92 Å². The molecule has 4 heteroatoms. The summed E-state index contributed by atoms with van der Waals surface area (Å²) >= 11 is 0. The fraction of sp³-hybridized carbons (Fsp3) is 1.00. The van der Waals surface area contributed by atoms with Gasteiger partial charge in [0.15, 0.2) is 0 Å². The van der Waals surface area contributed by atoms with E-state index in [4.69, 9.17) is 0 Å². The molecule has 0 aliphatic heterocycles. The van der Waals surface area contributed by atoms with Crippen LogP contribution in [0.25, 0.3) is 0 Å². The van der Waals surface area contributed by atoms with Crippen molar-refractivity contribution in [2.24, 2.45) is 5.92 Å². The maximum Gasteiger partial charge on any atom is 0.150 e. The third kappa shape index (κ3) is 3.65. The van der Waals surface area contributed by atoms with E-state index in [1.807, 2.05) is 0 Å². The van der Waals surface area contributed by atoms with Crippen LogP contribution >= 0.6 is 0 Å². The van der Waals surface area contributed by atoms with Crippen LogP contribution in [0, 0.1) is 5.92 Å². The Balaban J connectivity index is 2.27. The van der Waals surface area contributed by atoms with E-state index >= 15 is 0 Å². The molecule has 0 heterocycles. The minimum Gasteiger partial charge on any atom is -0.393 e. The van der Waals surface area contributed by atoms with Crippen LogP contribution in [0.2, 0.25) is 0 Å². The minimum absolute atomic E-state index is 0.186. The van der Waals surface area contributed by atoms with Crippen molar-refractivity contribution < 1.29 is 13.5 Å². The summed E-state index contributed by atoms with van der Waals surface area (Å²) < 4.78 is 22.4. The van der Waals surface area contributed by atoms with Gasteiger partial charge in [0, 0.05) is 5.75 Å². The molecule has 0 spiro atoms. The van der Waals surface area contributed by atoms with E-state index in [0.29, 0.717) is 11.7 Å². The number of sulfone groups is 1. The largest absolute Gasteiger partial charge is 0.393 e. The lowest BCUT2D eigenvalue weighted by atomic mass is 10.1. The van der Waals surface area contributed by atoms with Crippen molar-refractivity contribution in [3.63, 3.8) is 0 Å². The number of rotatable bonds is 4. The van der Waals surface area contributed by atoms with E-state index in [1.54, 1.807) is 6.92 Å². The smallest absolute Gasteiger partial charge is 0.150 e. The van der Waals surface area contributed by atoms with Crippen LogP contribution in [-0.4, -0.2) is 31.1 Å². The van der Waals surface area contributed by atoms with Gasteiger partial charge in [-0.15, -0.1) is 0 Å². The summed E-state index contributed by atoms with van der Waals surface area (Å²) in [5, 5.41) is 9.24. The molecule has 0 saturated heterocycles. The Labute approximate surface area is 80.1 Å². The Bertz CT molecular complexity index is 246. The van der Waals surface area contributed by atoms with E-state index in [-0.39, 0.29) is 11.9 Å². The van der Waals surface area contributed by atoms with E-state index in [1.165, 1.54) is 0 Å². The molecule has 13 heavy (non-hydrogen) atoms. The molecule has 0 aromatic rings. The van der Waals surface area contributed by atoms with E-state index in [0.717, 1.165) is 25.7 Å². The fourth-order valence-corrected chi connectivity index (χ4v) is 2.78. The second-order valence-electron chi connectivity index (χ2n) is 3.86. The molecule has 1 rings (SSSR count). The Morgan fingerprint density at radius 2 is 2.08 bits per heavy atom. The first kappa shape index (κ1) is 11.0. The van der Waals surface area contributed by atoms with Crippen LogP contribution in [0.1, 0.15) is 32.6 Å². The molecule has 0 radical (unpaired) electrons. The highest BCUT2D eigenvalue weighted by Crippen LogP contribution is 2.28. The monoisotopic (exact) mass is 206 g/mol. The molecule has 3 nitrogen and oxygen atoms in total. The first-order valence-electron chi connectivity index (χ1n) is 4.92. The molecule has 78 valence electrons. The maximum absolute atomic E-state index is 11.2. The number of aliphatic hydroxyl groups is 1. The van der Waals surface area contributed by atoms with Crippen molar-refractivity contribution in [3.8, 4) is 0 Å². The normalized spacial score (nSPS) is 29.4. The van der Waals surface area contributed by atoms with Gasteiger partial charge in [-0.3, -0.25) is 0 Å². The lowest BCUT2D eigenvalue weighted by Crippen LogP contribution is -2.12. The van der Waals surface area contributed by atoms with Gasteiger partial charge in [-0.2, -0.15) is 0 Å². The van der Waals surface area contributed by atoms with Crippen molar-refractivity contribution >= 4 is 9.84 Å². The highest BCUT2D eigenvalue weighted by Gasteiger charge is 2.23. The van der Waals surface area contributed by atoms with Gasteiger partial charge in [-0.25, -0.2) is 8.42 Å². The lowest BCUT2D eigenvalue weighted by molar-refractivity contribution is 0.177. The van der Waals surface area contributed by atoms with Gasteiger partial charge >= 0.3 is 0 Å². The van der Waals surface area contributed by atoms with Gasteiger partial charge in [0.2, 0.25) is 0 Å². The SMILES string of the molecule is CCS(=O)(=O)CCC1CCC(O)C1. The molecule has 2 atom stereocenters. The summed E-state index contributed by atoms with van der Waals surface area (Å²) in [4.78, 5) is 0. The van der Waals surface area contributed by atoms with Gasteiger partial charge in [0.1, 0.15) is 9.84 Å². The zero-order valence-electron chi connectivity index (χ0n) is 8.07. The van der Waals surface area contributed by atoms with Crippen LogP contribution in [0.4, 0.5) is 0 Å². The summed E-state index contributed by atoms with van der Waals surface area (Å²) in [6.45, 7) is 1.68. The maximum atomic E-state index is 11.2. The molecule has 2 unspecified atom stereocenters. The van der Waals surface area contributed by atoms with Crippen LogP contribution in [-0.2, 0) is 9.84 Å². The van der Waals surface area contributed by atoms with Crippen LogP contribution < -0.4 is 0 Å². The predicted molar refractivity (Wildman–Crippen MR) is 52.3 cm³/mol. The Morgan fingerprint density at radius 1 is 1.38 bits per heavy atom. The van der Waals surface area contributed by atoms with Crippen LogP contribution in [0.15, 0.2) is 0 Å². The molecule has 0 aromatic heterocycles. The Kier molecular flexibility index (Phi) is 3.74.